The number of hydrogen-bond donors (Lipinski definition) is 1. The van der Waals surface area contributed by atoms with Gasteiger partial charge in [-0.3, -0.25) is 9.69 Å². The van der Waals surface area contributed by atoms with E-state index in [1.54, 1.807) is 14.2 Å². The van der Waals surface area contributed by atoms with Gasteiger partial charge in [0.1, 0.15) is 22.2 Å². The van der Waals surface area contributed by atoms with Crippen LogP contribution in [-0.4, -0.2) is 43.3 Å². The molecule has 0 saturated carbocycles. The maximum absolute atomic E-state index is 12.4. The second-order valence-corrected chi connectivity index (χ2v) is 9.19. The topological polar surface area (TPSA) is 82.2 Å². The predicted molar refractivity (Wildman–Crippen MR) is 134 cm³/mol. The molecule has 0 unspecified atom stereocenters. The number of carbonyl (C=O) groups is 1. The van der Waals surface area contributed by atoms with E-state index in [4.69, 9.17) is 18.9 Å². The largest absolute Gasteiger partial charge is 0.497 e. The van der Waals surface area contributed by atoms with Gasteiger partial charge < -0.3 is 24.3 Å². The van der Waals surface area contributed by atoms with Gasteiger partial charge in [-0.1, -0.05) is 25.5 Å². The molecular formula is C26H31N3O5S. The summed E-state index contributed by atoms with van der Waals surface area (Å²) in [6.45, 7) is 4.86. The third kappa shape index (κ3) is 6.43. The van der Waals surface area contributed by atoms with Crippen LogP contribution in [0.25, 0.3) is 0 Å². The first-order valence-electron chi connectivity index (χ1n) is 11.6. The fourth-order valence-corrected chi connectivity index (χ4v) is 4.65. The van der Waals surface area contributed by atoms with Gasteiger partial charge in [0, 0.05) is 36.6 Å². The van der Waals surface area contributed by atoms with Crippen LogP contribution in [0.15, 0.2) is 41.8 Å². The van der Waals surface area contributed by atoms with E-state index < -0.39 is 0 Å². The molecule has 0 aliphatic carbocycles. The van der Waals surface area contributed by atoms with Crippen LogP contribution in [0.4, 0.5) is 0 Å². The van der Waals surface area contributed by atoms with E-state index in [1.807, 2.05) is 41.8 Å². The van der Waals surface area contributed by atoms with Crippen molar-refractivity contribution in [3.63, 3.8) is 0 Å². The van der Waals surface area contributed by atoms with Crippen molar-refractivity contribution in [2.45, 2.75) is 39.4 Å². The standard InChI is InChI=1S/C26H31N3O5S/c1-4-5-10-27-26(30)21-16-35-25(28-21)15-29(13-18-6-9-22-24(11-18)34-17-33-22)14-19-7-8-20(31-2)12-23(19)32-3/h6-9,11-12,16H,4-5,10,13-15,17H2,1-3H3,(H,27,30). The summed E-state index contributed by atoms with van der Waals surface area (Å²) in [5.41, 5.74) is 2.59. The molecule has 0 spiro atoms. The van der Waals surface area contributed by atoms with Gasteiger partial charge in [-0.2, -0.15) is 0 Å². The molecule has 186 valence electrons. The van der Waals surface area contributed by atoms with Crippen molar-refractivity contribution in [3.05, 3.63) is 63.6 Å². The van der Waals surface area contributed by atoms with Crippen LogP contribution >= 0.6 is 11.3 Å². The van der Waals surface area contributed by atoms with Gasteiger partial charge >= 0.3 is 0 Å². The maximum Gasteiger partial charge on any atom is 0.270 e. The molecule has 2 aromatic carbocycles. The Morgan fingerprint density at radius 1 is 1.09 bits per heavy atom. The van der Waals surface area contributed by atoms with Crippen LogP contribution in [0.2, 0.25) is 0 Å². The minimum Gasteiger partial charge on any atom is -0.497 e. The normalized spacial score (nSPS) is 12.1. The minimum absolute atomic E-state index is 0.125. The molecular weight excluding hydrogens is 466 g/mol. The monoisotopic (exact) mass is 497 g/mol. The third-order valence-corrected chi connectivity index (χ3v) is 6.52. The van der Waals surface area contributed by atoms with Gasteiger partial charge in [0.25, 0.3) is 5.91 Å². The summed E-state index contributed by atoms with van der Waals surface area (Å²) in [6.07, 6.45) is 1.99. The van der Waals surface area contributed by atoms with Crippen molar-refractivity contribution in [3.8, 4) is 23.0 Å². The highest BCUT2D eigenvalue weighted by molar-refractivity contribution is 7.09. The number of nitrogens with zero attached hydrogens (tertiary/aromatic N) is 2. The summed E-state index contributed by atoms with van der Waals surface area (Å²) < 4.78 is 22.0. The van der Waals surface area contributed by atoms with E-state index in [2.05, 4.69) is 22.1 Å². The number of aromatic nitrogens is 1. The van der Waals surface area contributed by atoms with Crippen LogP contribution < -0.4 is 24.3 Å². The number of fused-ring (bicyclic) bond motifs is 1. The molecule has 0 atom stereocenters. The van der Waals surface area contributed by atoms with Gasteiger partial charge in [0.15, 0.2) is 11.5 Å². The summed E-state index contributed by atoms with van der Waals surface area (Å²) in [5.74, 6) is 2.89. The molecule has 35 heavy (non-hydrogen) atoms. The number of ether oxygens (including phenoxy) is 4. The van der Waals surface area contributed by atoms with Gasteiger partial charge in [0.2, 0.25) is 6.79 Å². The summed E-state index contributed by atoms with van der Waals surface area (Å²) in [6, 6.07) is 11.8. The van der Waals surface area contributed by atoms with Crippen LogP contribution in [0, 0.1) is 0 Å². The molecule has 1 N–H and O–H groups in total. The molecule has 0 radical (unpaired) electrons. The SMILES string of the molecule is CCCCNC(=O)c1csc(CN(Cc2ccc3c(c2)OCO3)Cc2ccc(OC)cc2OC)n1. The lowest BCUT2D eigenvalue weighted by atomic mass is 10.1. The molecule has 1 amide bonds. The number of rotatable bonds is 12. The Morgan fingerprint density at radius 2 is 1.94 bits per heavy atom. The Hall–Kier alpha value is -3.30. The lowest BCUT2D eigenvalue weighted by Crippen LogP contribution is -2.25. The van der Waals surface area contributed by atoms with Crippen LogP contribution in [0.5, 0.6) is 23.0 Å². The first-order valence-corrected chi connectivity index (χ1v) is 12.5. The highest BCUT2D eigenvalue weighted by Crippen LogP contribution is 2.33. The van der Waals surface area contributed by atoms with Gasteiger partial charge in [0.05, 0.1) is 20.8 Å². The molecule has 1 aliphatic rings. The van der Waals surface area contributed by atoms with Crippen molar-refractivity contribution >= 4 is 17.2 Å². The number of nitrogens with one attached hydrogen (secondary N) is 1. The highest BCUT2D eigenvalue weighted by atomic mass is 32.1. The Bertz CT molecular complexity index is 1150. The minimum atomic E-state index is -0.125. The molecule has 4 rings (SSSR count). The predicted octanol–water partition coefficient (Wildman–Crippen LogP) is 4.62. The highest BCUT2D eigenvalue weighted by Gasteiger charge is 2.18. The fraction of sp³-hybridized carbons (Fsp3) is 0.385. The number of benzene rings is 2. The second-order valence-electron chi connectivity index (χ2n) is 8.25. The van der Waals surface area contributed by atoms with E-state index in [0.29, 0.717) is 31.9 Å². The molecule has 0 fully saturated rings. The first kappa shape index (κ1) is 24.8. The molecule has 9 heteroatoms. The van der Waals surface area contributed by atoms with E-state index in [0.717, 1.165) is 52.0 Å². The Morgan fingerprint density at radius 3 is 2.74 bits per heavy atom. The van der Waals surface area contributed by atoms with Crippen molar-refractivity contribution < 1.29 is 23.7 Å². The van der Waals surface area contributed by atoms with Crippen LogP contribution in [-0.2, 0) is 19.6 Å². The number of unbranched alkanes of at least 4 members (excludes halogenated alkanes) is 1. The van der Waals surface area contributed by atoms with Crippen LogP contribution in [0.1, 0.15) is 46.4 Å². The molecule has 0 bridgehead atoms. The molecule has 3 aromatic rings. The van der Waals surface area contributed by atoms with Crippen molar-refractivity contribution in [2.24, 2.45) is 0 Å². The van der Waals surface area contributed by atoms with Crippen molar-refractivity contribution in [1.29, 1.82) is 0 Å². The average Bonchev–Trinajstić information content (AvgIpc) is 3.53. The lowest BCUT2D eigenvalue weighted by Gasteiger charge is -2.23. The Labute approximate surface area is 209 Å². The molecule has 0 saturated heterocycles. The zero-order valence-corrected chi connectivity index (χ0v) is 21.2. The van der Waals surface area contributed by atoms with Gasteiger partial charge in [-0.15, -0.1) is 11.3 Å². The third-order valence-electron chi connectivity index (χ3n) is 5.69. The van der Waals surface area contributed by atoms with Gasteiger partial charge in [-0.25, -0.2) is 4.98 Å². The number of thiazole rings is 1. The first-order chi connectivity index (χ1) is 17.1. The smallest absolute Gasteiger partial charge is 0.270 e. The summed E-state index contributed by atoms with van der Waals surface area (Å²) in [4.78, 5) is 19.3. The average molecular weight is 498 g/mol. The van der Waals surface area contributed by atoms with E-state index in [-0.39, 0.29) is 12.7 Å². The number of amides is 1. The van der Waals surface area contributed by atoms with E-state index >= 15 is 0 Å². The van der Waals surface area contributed by atoms with E-state index in [1.165, 1.54) is 11.3 Å². The number of carbonyl (C=O) groups excluding carboxylic acids is 1. The lowest BCUT2D eigenvalue weighted by molar-refractivity contribution is 0.0948. The molecule has 8 nitrogen and oxygen atoms in total. The fourth-order valence-electron chi connectivity index (χ4n) is 3.84. The molecule has 1 aliphatic heterocycles. The zero-order valence-electron chi connectivity index (χ0n) is 20.3. The molecule has 2 heterocycles. The Balaban J connectivity index is 1.53. The van der Waals surface area contributed by atoms with Crippen molar-refractivity contribution in [1.82, 2.24) is 15.2 Å². The molecule has 1 aromatic heterocycles. The quantitative estimate of drug-likeness (QED) is 0.366. The summed E-state index contributed by atoms with van der Waals surface area (Å²) in [7, 11) is 3.30. The van der Waals surface area contributed by atoms with Crippen LogP contribution in [0.3, 0.4) is 0 Å². The maximum atomic E-state index is 12.4. The number of hydrogen-bond acceptors (Lipinski definition) is 8. The number of methoxy groups -OCH3 is 2. The van der Waals surface area contributed by atoms with Gasteiger partial charge in [-0.05, 0) is 30.2 Å². The van der Waals surface area contributed by atoms with E-state index in [9.17, 15) is 4.79 Å². The van der Waals surface area contributed by atoms with Crippen molar-refractivity contribution in [2.75, 3.05) is 27.6 Å². The second kappa shape index (κ2) is 11.9. The zero-order chi connectivity index (χ0) is 24.6. The summed E-state index contributed by atoms with van der Waals surface area (Å²) >= 11 is 1.49. The summed E-state index contributed by atoms with van der Waals surface area (Å²) in [5, 5.41) is 5.63. The Kier molecular flexibility index (Phi) is 8.44.